The fourth-order valence-corrected chi connectivity index (χ4v) is 5.18. The Morgan fingerprint density at radius 1 is 0.960 bits per heavy atom. The van der Waals surface area contributed by atoms with E-state index < -0.39 is 10.0 Å². The minimum atomic E-state index is -3.47. The molecule has 6 nitrogen and oxygen atoms in total. The van der Waals surface area contributed by atoms with E-state index in [4.69, 9.17) is 0 Å². The smallest absolute Gasteiger partial charge is 0.243 e. The van der Waals surface area contributed by atoms with Gasteiger partial charge in [-0.25, -0.2) is 13.4 Å². The van der Waals surface area contributed by atoms with Crippen LogP contribution in [0.15, 0.2) is 41.6 Å². The molecule has 0 unspecified atom stereocenters. The summed E-state index contributed by atoms with van der Waals surface area (Å²) in [5.74, 6) is 0. The number of sulfonamides is 1. The van der Waals surface area contributed by atoms with Crippen molar-refractivity contribution in [3.05, 3.63) is 48.0 Å². The number of rotatable bonds is 4. The van der Waals surface area contributed by atoms with Crippen molar-refractivity contribution < 1.29 is 8.42 Å². The molecule has 1 aromatic heterocycles. The Balaban J connectivity index is 1.61. The van der Waals surface area contributed by atoms with E-state index in [1.807, 2.05) is 12.4 Å². The number of imidazole rings is 1. The molecular formula is C18H24N4O2S. The molecule has 7 heteroatoms. The zero-order valence-corrected chi connectivity index (χ0v) is 15.2. The van der Waals surface area contributed by atoms with Crippen LogP contribution in [0.2, 0.25) is 0 Å². The van der Waals surface area contributed by atoms with Gasteiger partial charge in [0.2, 0.25) is 10.0 Å². The molecule has 0 amide bonds. The number of hydrogen-bond donors (Lipinski definition) is 0. The highest BCUT2D eigenvalue weighted by Gasteiger charge is 2.29. The largest absolute Gasteiger partial charge is 0.333 e. The van der Waals surface area contributed by atoms with E-state index in [-0.39, 0.29) is 0 Å². The van der Waals surface area contributed by atoms with Crippen molar-refractivity contribution in [3.8, 4) is 0 Å². The van der Waals surface area contributed by atoms with E-state index in [0.717, 1.165) is 44.0 Å². The van der Waals surface area contributed by atoms with Gasteiger partial charge >= 0.3 is 0 Å². The van der Waals surface area contributed by atoms with Crippen LogP contribution in [0.1, 0.15) is 30.7 Å². The highest BCUT2D eigenvalue weighted by molar-refractivity contribution is 7.89. The van der Waals surface area contributed by atoms with E-state index in [9.17, 15) is 8.42 Å². The topological polar surface area (TPSA) is 58.4 Å². The van der Waals surface area contributed by atoms with Crippen molar-refractivity contribution in [1.29, 1.82) is 0 Å². The minimum Gasteiger partial charge on any atom is -0.333 e. The van der Waals surface area contributed by atoms with Gasteiger partial charge in [-0.1, -0.05) is 18.2 Å². The van der Waals surface area contributed by atoms with Crippen molar-refractivity contribution in [1.82, 2.24) is 18.8 Å². The first-order chi connectivity index (χ1) is 12.1. The maximum Gasteiger partial charge on any atom is 0.243 e. The summed E-state index contributed by atoms with van der Waals surface area (Å²) in [6, 6.07) is 8.72. The molecule has 2 aromatic rings. The van der Waals surface area contributed by atoms with E-state index in [0.29, 0.717) is 18.0 Å². The summed E-state index contributed by atoms with van der Waals surface area (Å²) < 4.78 is 29.8. The second-order valence-corrected chi connectivity index (χ2v) is 8.76. The minimum absolute atomic E-state index is 0.365. The van der Waals surface area contributed by atoms with Gasteiger partial charge in [0, 0.05) is 19.6 Å². The molecule has 2 aliphatic rings. The lowest BCUT2D eigenvalue weighted by atomic mass is 10.3. The van der Waals surface area contributed by atoms with Crippen molar-refractivity contribution in [2.75, 3.05) is 19.6 Å². The van der Waals surface area contributed by atoms with Crippen LogP contribution in [-0.2, 0) is 29.7 Å². The summed E-state index contributed by atoms with van der Waals surface area (Å²) in [7, 11) is -3.47. The SMILES string of the molecule is O=S(=O)(c1ccccc1)N1CCCn2cnc(CN3CCCC3)c2C1. The fourth-order valence-electron chi connectivity index (χ4n) is 3.72. The highest BCUT2D eigenvalue weighted by Crippen LogP contribution is 2.24. The molecule has 1 aromatic carbocycles. The summed E-state index contributed by atoms with van der Waals surface area (Å²) in [5, 5.41) is 0. The lowest BCUT2D eigenvalue weighted by molar-refractivity contribution is 0.324. The first-order valence-electron chi connectivity index (χ1n) is 8.95. The number of hydrogen-bond acceptors (Lipinski definition) is 4. The molecule has 134 valence electrons. The normalized spacial score (nSPS) is 19.7. The molecule has 1 fully saturated rings. The van der Waals surface area contributed by atoms with E-state index in [1.165, 1.54) is 12.8 Å². The van der Waals surface area contributed by atoms with Crippen molar-refractivity contribution in [2.45, 2.75) is 43.8 Å². The average Bonchev–Trinajstić information content (AvgIpc) is 3.21. The van der Waals surface area contributed by atoms with Crippen LogP contribution in [0.3, 0.4) is 0 Å². The van der Waals surface area contributed by atoms with Gasteiger partial charge in [0.15, 0.2) is 0 Å². The van der Waals surface area contributed by atoms with Crippen LogP contribution < -0.4 is 0 Å². The van der Waals surface area contributed by atoms with Gasteiger partial charge in [-0.2, -0.15) is 4.31 Å². The molecule has 0 saturated carbocycles. The molecule has 0 radical (unpaired) electrons. The zero-order valence-electron chi connectivity index (χ0n) is 14.3. The molecule has 1 saturated heterocycles. The Morgan fingerprint density at radius 3 is 2.48 bits per heavy atom. The lowest BCUT2D eigenvalue weighted by Crippen LogP contribution is -2.31. The second kappa shape index (κ2) is 6.90. The predicted molar refractivity (Wildman–Crippen MR) is 95.4 cm³/mol. The highest BCUT2D eigenvalue weighted by atomic mass is 32.2. The van der Waals surface area contributed by atoms with Crippen LogP contribution in [0, 0.1) is 0 Å². The second-order valence-electron chi connectivity index (χ2n) is 6.82. The monoisotopic (exact) mass is 360 g/mol. The van der Waals surface area contributed by atoms with Gasteiger partial charge in [0.25, 0.3) is 0 Å². The molecular weight excluding hydrogens is 336 g/mol. The molecule has 3 heterocycles. The fraction of sp³-hybridized carbons (Fsp3) is 0.500. The summed E-state index contributed by atoms with van der Waals surface area (Å²) >= 11 is 0. The maximum atomic E-state index is 13.0. The van der Waals surface area contributed by atoms with Crippen LogP contribution in [0.5, 0.6) is 0 Å². The average molecular weight is 360 g/mol. The molecule has 0 atom stereocenters. The third-order valence-corrected chi connectivity index (χ3v) is 6.98. The predicted octanol–water partition coefficient (Wildman–Crippen LogP) is 2.07. The molecule has 0 bridgehead atoms. The maximum absolute atomic E-state index is 13.0. The van der Waals surface area contributed by atoms with Gasteiger partial charge < -0.3 is 4.57 Å². The Labute approximate surface area is 149 Å². The van der Waals surface area contributed by atoms with Crippen LogP contribution in [0.4, 0.5) is 0 Å². The number of aryl methyl sites for hydroxylation is 1. The van der Waals surface area contributed by atoms with Gasteiger partial charge in [0.1, 0.15) is 0 Å². The van der Waals surface area contributed by atoms with Gasteiger partial charge in [-0.05, 0) is 44.5 Å². The Bertz CT molecular complexity index is 826. The summed E-state index contributed by atoms with van der Waals surface area (Å²) in [6.45, 7) is 4.81. The molecule has 0 N–H and O–H groups in total. The first-order valence-corrected chi connectivity index (χ1v) is 10.4. The lowest BCUT2D eigenvalue weighted by Gasteiger charge is -2.21. The number of likely N-dealkylation sites (tertiary alicyclic amines) is 1. The van der Waals surface area contributed by atoms with Crippen LogP contribution >= 0.6 is 0 Å². The quantitative estimate of drug-likeness (QED) is 0.838. The van der Waals surface area contributed by atoms with Gasteiger partial charge in [-0.3, -0.25) is 4.90 Å². The Kier molecular flexibility index (Phi) is 4.62. The molecule has 4 rings (SSSR count). The van der Waals surface area contributed by atoms with Crippen LogP contribution in [-0.4, -0.2) is 46.8 Å². The van der Waals surface area contributed by atoms with E-state index in [2.05, 4.69) is 14.5 Å². The van der Waals surface area contributed by atoms with Crippen molar-refractivity contribution in [3.63, 3.8) is 0 Å². The molecule has 25 heavy (non-hydrogen) atoms. The Morgan fingerprint density at radius 2 is 1.72 bits per heavy atom. The summed E-state index contributed by atoms with van der Waals surface area (Å²) in [4.78, 5) is 7.36. The number of aromatic nitrogens is 2. The Hall–Kier alpha value is -1.70. The summed E-state index contributed by atoms with van der Waals surface area (Å²) in [6.07, 6.45) is 5.16. The summed E-state index contributed by atoms with van der Waals surface area (Å²) in [5.41, 5.74) is 2.07. The molecule has 0 aliphatic carbocycles. The molecule has 2 aliphatic heterocycles. The van der Waals surface area contributed by atoms with Crippen molar-refractivity contribution in [2.24, 2.45) is 0 Å². The number of fused-ring (bicyclic) bond motifs is 1. The number of nitrogens with zero attached hydrogens (tertiary/aromatic N) is 4. The molecule has 0 spiro atoms. The first kappa shape index (κ1) is 16.8. The van der Waals surface area contributed by atoms with Crippen molar-refractivity contribution >= 4 is 10.0 Å². The van der Waals surface area contributed by atoms with Gasteiger partial charge in [0.05, 0.1) is 29.2 Å². The van der Waals surface area contributed by atoms with E-state index >= 15 is 0 Å². The van der Waals surface area contributed by atoms with Gasteiger partial charge in [-0.15, -0.1) is 0 Å². The van der Waals surface area contributed by atoms with E-state index in [1.54, 1.807) is 28.6 Å². The zero-order chi connectivity index (χ0) is 17.3. The standard InChI is InChI=1S/C18H24N4O2S/c23-25(24,16-7-2-1-3-8-16)22-12-6-11-21-15-19-17(18(21)14-22)13-20-9-4-5-10-20/h1-3,7-8,15H,4-6,9-14H2. The third-order valence-electron chi connectivity index (χ3n) is 5.12. The third kappa shape index (κ3) is 3.36. The number of benzene rings is 1. The van der Waals surface area contributed by atoms with Crippen LogP contribution in [0.25, 0.3) is 0 Å².